The number of rotatable bonds is 8. The van der Waals surface area contributed by atoms with Crippen molar-refractivity contribution < 1.29 is 18.3 Å². The van der Waals surface area contributed by atoms with E-state index in [9.17, 15) is 13.6 Å². The molecule has 3 aromatic rings. The number of nitrogens with one attached hydrogen (secondary N) is 1. The van der Waals surface area contributed by atoms with Crippen LogP contribution in [0.4, 0.5) is 14.5 Å². The van der Waals surface area contributed by atoms with Gasteiger partial charge >= 0.3 is 6.61 Å². The van der Waals surface area contributed by atoms with E-state index in [-0.39, 0.29) is 17.3 Å². The maximum Gasteiger partial charge on any atom is 0.387 e. The Morgan fingerprint density at radius 3 is 2.55 bits per heavy atom. The number of thioether (sulfide) groups is 1. The molecule has 6 nitrogen and oxygen atoms in total. The highest BCUT2D eigenvalue weighted by Gasteiger charge is 2.20. The molecular weight excluding hydrogens is 398 g/mol. The first-order valence-corrected chi connectivity index (χ1v) is 9.75. The minimum atomic E-state index is -2.97. The molecule has 0 aliphatic carbocycles. The van der Waals surface area contributed by atoms with E-state index in [1.54, 1.807) is 19.1 Å². The molecular formula is C20H20F2N4O2S. The largest absolute Gasteiger partial charge is 0.433 e. The second-order valence-electron chi connectivity index (χ2n) is 6.24. The predicted molar refractivity (Wildman–Crippen MR) is 107 cm³/mol. The van der Waals surface area contributed by atoms with Crippen molar-refractivity contribution in [3.05, 3.63) is 66.0 Å². The minimum Gasteiger partial charge on any atom is -0.433 e. The summed E-state index contributed by atoms with van der Waals surface area (Å²) in [5.74, 6) is 0.340. The molecule has 1 atom stereocenters. The number of benzene rings is 2. The van der Waals surface area contributed by atoms with Crippen LogP contribution >= 0.6 is 11.8 Å². The van der Waals surface area contributed by atoms with Gasteiger partial charge in [0.1, 0.15) is 11.6 Å². The van der Waals surface area contributed by atoms with E-state index in [0.717, 1.165) is 11.4 Å². The van der Waals surface area contributed by atoms with E-state index in [1.807, 2.05) is 41.9 Å². The molecule has 152 valence electrons. The van der Waals surface area contributed by atoms with Gasteiger partial charge in [-0.1, -0.05) is 54.2 Å². The summed E-state index contributed by atoms with van der Waals surface area (Å²) in [7, 11) is 1.84. The Bertz CT molecular complexity index is 966. The first-order valence-electron chi connectivity index (χ1n) is 8.87. The highest BCUT2D eigenvalue weighted by molar-refractivity contribution is 8.00. The van der Waals surface area contributed by atoms with Crippen molar-refractivity contribution in [3.8, 4) is 5.75 Å². The molecule has 1 N–H and O–H groups in total. The first kappa shape index (κ1) is 20.8. The van der Waals surface area contributed by atoms with Gasteiger partial charge < -0.3 is 14.6 Å². The maximum atomic E-state index is 12.5. The fourth-order valence-corrected chi connectivity index (χ4v) is 3.43. The van der Waals surface area contributed by atoms with Crippen LogP contribution in [-0.2, 0) is 18.3 Å². The van der Waals surface area contributed by atoms with E-state index < -0.39 is 11.9 Å². The lowest BCUT2D eigenvalue weighted by Crippen LogP contribution is -2.23. The monoisotopic (exact) mass is 418 g/mol. The summed E-state index contributed by atoms with van der Waals surface area (Å²) in [6, 6.07) is 16.0. The number of aromatic nitrogens is 3. The van der Waals surface area contributed by atoms with Gasteiger partial charge in [0.2, 0.25) is 5.91 Å². The smallest absolute Gasteiger partial charge is 0.387 e. The Labute approximate surface area is 171 Å². The van der Waals surface area contributed by atoms with Crippen LogP contribution in [0.5, 0.6) is 5.75 Å². The van der Waals surface area contributed by atoms with Gasteiger partial charge in [0.25, 0.3) is 0 Å². The van der Waals surface area contributed by atoms with E-state index >= 15 is 0 Å². The Hall–Kier alpha value is -2.94. The number of amides is 1. The van der Waals surface area contributed by atoms with Crippen molar-refractivity contribution in [2.75, 3.05) is 5.32 Å². The summed E-state index contributed by atoms with van der Waals surface area (Å²) >= 11 is 1.24. The third kappa shape index (κ3) is 5.54. The van der Waals surface area contributed by atoms with Crippen LogP contribution in [0.15, 0.2) is 59.8 Å². The third-order valence-corrected chi connectivity index (χ3v) is 5.28. The number of hydrogen-bond donors (Lipinski definition) is 1. The minimum absolute atomic E-state index is 0.0862. The third-order valence-electron chi connectivity index (χ3n) is 4.14. The number of alkyl halides is 2. The number of halogens is 2. The van der Waals surface area contributed by atoms with Gasteiger partial charge in [-0.15, -0.1) is 10.2 Å². The average molecular weight is 418 g/mol. The Morgan fingerprint density at radius 1 is 1.14 bits per heavy atom. The van der Waals surface area contributed by atoms with Crippen LogP contribution in [0, 0.1) is 0 Å². The van der Waals surface area contributed by atoms with Crippen molar-refractivity contribution in [3.63, 3.8) is 0 Å². The molecule has 0 bridgehead atoms. The quantitative estimate of drug-likeness (QED) is 0.557. The molecule has 0 saturated heterocycles. The first-order chi connectivity index (χ1) is 13.9. The summed E-state index contributed by atoms with van der Waals surface area (Å²) in [5, 5.41) is 11.1. The van der Waals surface area contributed by atoms with E-state index in [0.29, 0.717) is 11.6 Å². The van der Waals surface area contributed by atoms with Gasteiger partial charge in [0.15, 0.2) is 5.16 Å². The molecule has 0 aliphatic rings. The van der Waals surface area contributed by atoms with Crippen molar-refractivity contribution in [1.29, 1.82) is 0 Å². The topological polar surface area (TPSA) is 69.0 Å². The molecule has 0 fully saturated rings. The molecule has 29 heavy (non-hydrogen) atoms. The van der Waals surface area contributed by atoms with Gasteiger partial charge in [0.05, 0.1) is 10.9 Å². The van der Waals surface area contributed by atoms with Crippen LogP contribution in [0.25, 0.3) is 0 Å². The summed E-state index contributed by atoms with van der Waals surface area (Å²) in [6.45, 7) is -1.26. The predicted octanol–water partition coefficient (Wildman–Crippen LogP) is 4.13. The Kier molecular flexibility index (Phi) is 6.82. The van der Waals surface area contributed by atoms with E-state index in [4.69, 9.17) is 0 Å². The number of nitrogens with zero attached hydrogens (tertiary/aromatic N) is 3. The lowest BCUT2D eigenvalue weighted by molar-refractivity contribution is -0.115. The zero-order chi connectivity index (χ0) is 20.8. The van der Waals surface area contributed by atoms with Gasteiger partial charge in [-0.2, -0.15) is 8.78 Å². The van der Waals surface area contributed by atoms with Gasteiger partial charge in [-0.3, -0.25) is 4.79 Å². The number of hydrogen-bond acceptors (Lipinski definition) is 5. The summed E-state index contributed by atoms with van der Waals surface area (Å²) in [5.41, 5.74) is 1.30. The summed E-state index contributed by atoms with van der Waals surface area (Å²) in [4.78, 5) is 12.5. The second kappa shape index (κ2) is 9.51. The van der Waals surface area contributed by atoms with Crippen LogP contribution in [-0.4, -0.2) is 32.5 Å². The number of anilines is 1. The van der Waals surface area contributed by atoms with Crippen LogP contribution in [0.3, 0.4) is 0 Å². The molecule has 0 spiro atoms. The lowest BCUT2D eigenvalue weighted by Gasteiger charge is -2.14. The van der Waals surface area contributed by atoms with Gasteiger partial charge in [0, 0.05) is 13.5 Å². The molecule has 0 unspecified atom stereocenters. The van der Waals surface area contributed by atoms with Crippen molar-refractivity contribution in [1.82, 2.24) is 14.8 Å². The van der Waals surface area contributed by atoms with Crippen LogP contribution in [0.2, 0.25) is 0 Å². The fraction of sp³-hybridized carbons (Fsp3) is 0.250. The standard InChI is InChI=1S/C20H20F2N4O2S/c1-13(18(27)23-15-10-6-7-11-16(15)28-19(21)22)29-20-25-24-17(26(20)2)12-14-8-4-3-5-9-14/h3-11,13,19H,12H2,1-2H3,(H,23,27)/t13-/m1/s1. The normalized spacial score (nSPS) is 12.0. The van der Waals surface area contributed by atoms with E-state index in [1.165, 1.54) is 23.9 Å². The SMILES string of the molecule is C[C@@H](Sc1nnc(Cc2ccccc2)n1C)C(=O)Nc1ccccc1OC(F)F. The molecule has 0 saturated carbocycles. The Balaban J connectivity index is 1.65. The van der Waals surface area contributed by atoms with Crippen molar-refractivity contribution >= 4 is 23.4 Å². The van der Waals surface area contributed by atoms with Gasteiger partial charge in [-0.05, 0) is 24.6 Å². The molecule has 2 aromatic carbocycles. The molecule has 1 amide bonds. The fourth-order valence-electron chi connectivity index (χ4n) is 2.59. The highest BCUT2D eigenvalue weighted by atomic mass is 32.2. The zero-order valence-electron chi connectivity index (χ0n) is 15.9. The van der Waals surface area contributed by atoms with Gasteiger partial charge in [-0.25, -0.2) is 0 Å². The number of ether oxygens (including phenoxy) is 1. The lowest BCUT2D eigenvalue weighted by atomic mass is 10.1. The molecule has 0 radical (unpaired) electrons. The van der Waals surface area contributed by atoms with Crippen molar-refractivity contribution in [2.45, 2.75) is 30.4 Å². The van der Waals surface area contributed by atoms with Crippen LogP contribution < -0.4 is 10.1 Å². The van der Waals surface area contributed by atoms with Crippen LogP contribution in [0.1, 0.15) is 18.3 Å². The number of para-hydroxylation sites is 2. The molecule has 1 heterocycles. The summed E-state index contributed by atoms with van der Waals surface area (Å²) < 4.78 is 31.3. The highest BCUT2D eigenvalue weighted by Crippen LogP contribution is 2.28. The van der Waals surface area contributed by atoms with Crippen molar-refractivity contribution in [2.24, 2.45) is 7.05 Å². The number of carbonyl (C=O) groups excluding carboxylic acids is 1. The second-order valence-corrected chi connectivity index (χ2v) is 7.55. The Morgan fingerprint density at radius 2 is 1.83 bits per heavy atom. The maximum absolute atomic E-state index is 12.5. The number of carbonyl (C=O) groups is 1. The zero-order valence-corrected chi connectivity index (χ0v) is 16.7. The van der Waals surface area contributed by atoms with E-state index in [2.05, 4.69) is 20.3 Å². The molecule has 3 rings (SSSR count). The average Bonchev–Trinajstić information content (AvgIpc) is 3.03. The molecule has 9 heteroatoms. The molecule has 1 aromatic heterocycles. The summed E-state index contributed by atoms with van der Waals surface area (Å²) in [6.07, 6.45) is 0.629. The molecule has 0 aliphatic heterocycles.